The van der Waals surface area contributed by atoms with Gasteiger partial charge in [0.2, 0.25) is 0 Å². The van der Waals surface area contributed by atoms with E-state index in [-0.39, 0.29) is 12.0 Å². The molecule has 21 heavy (non-hydrogen) atoms. The fraction of sp³-hybridized carbons (Fsp3) is 0.600. The summed E-state index contributed by atoms with van der Waals surface area (Å²) in [5.74, 6) is 0.382. The number of methoxy groups -OCH3 is 1. The van der Waals surface area contributed by atoms with E-state index in [0.29, 0.717) is 16.6 Å². The highest BCUT2D eigenvalue weighted by atomic mass is 32.1. The van der Waals surface area contributed by atoms with Crippen LogP contribution in [-0.2, 0) is 17.6 Å². The number of carbonyl (C=O) groups excluding carboxylic acids is 1. The predicted molar refractivity (Wildman–Crippen MR) is 91.3 cm³/mol. The maximum Gasteiger partial charge on any atom is 0.341 e. The monoisotopic (exact) mass is 326 g/mol. The Morgan fingerprint density at radius 2 is 2.19 bits per heavy atom. The van der Waals surface area contributed by atoms with Gasteiger partial charge in [0.15, 0.2) is 5.11 Å². The fourth-order valence-corrected chi connectivity index (χ4v) is 4.36. The van der Waals surface area contributed by atoms with Crippen LogP contribution >= 0.6 is 23.6 Å². The van der Waals surface area contributed by atoms with Crippen molar-refractivity contribution in [2.24, 2.45) is 5.92 Å². The van der Waals surface area contributed by atoms with Gasteiger partial charge in [0.25, 0.3) is 0 Å². The van der Waals surface area contributed by atoms with Gasteiger partial charge in [-0.15, -0.1) is 11.3 Å². The molecule has 2 rings (SSSR count). The molecule has 1 aliphatic rings. The highest BCUT2D eigenvalue weighted by Crippen LogP contribution is 2.39. The van der Waals surface area contributed by atoms with Crippen LogP contribution in [0.4, 0.5) is 5.00 Å². The summed E-state index contributed by atoms with van der Waals surface area (Å²) in [7, 11) is 1.42. The summed E-state index contributed by atoms with van der Waals surface area (Å²) in [5.41, 5.74) is 1.80. The lowest BCUT2D eigenvalue weighted by Crippen LogP contribution is -2.34. The van der Waals surface area contributed by atoms with Gasteiger partial charge in [-0.3, -0.25) is 0 Å². The maximum absolute atomic E-state index is 12.1. The smallest absolute Gasteiger partial charge is 0.341 e. The quantitative estimate of drug-likeness (QED) is 0.659. The zero-order valence-electron chi connectivity index (χ0n) is 12.9. The predicted octanol–water partition coefficient (Wildman–Crippen LogP) is 3.35. The van der Waals surface area contributed by atoms with Crippen LogP contribution in [0.5, 0.6) is 0 Å². The average molecular weight is 326 g/mol. The van der Waals surface area contributed by atoms with Crippen LogP contribution in [0.25, 0.3) is 0 Å². The zero-order chi connectivity index (χ0) is 15.6. The second-order valence-corrected chi connectivity index (χ2v) is 7.31. The molecule has 0 aromatic carbocycles. The Morgan fingerprint density at radius 3 is 2.81 bits per heavy atom. The van der Waals surface area contributed by atoms with E-state index >= 15 is 0 Å². The molecule has 0 unspecified atom stereocenters. The number of hydrogen-bond acceptors (Lipinski definition) is 4. The summed E-state index contributed by atoms with van der Waals surface area (Å²) in [6, 6.07) is 0.251. The SMILES string of the molecule is COC(=O)c1c(NC(=S)NC(C)C)sc2c1CC[C@@H](C)C2. The summed E-state index contributed by atoms with van der Waals surface area (Å²) >= 11 is 6.92. The van der Waals surface area contributed by atoms with E-state index in [4.69, 9.17) is 17.0 Å². The molecular weight excluding hydrogens is 304 g/mol. The van der Waals surface area contributed by atoms with Gasteiger partial charge < -0.3 is 15.4 Å². The molecule has 116 valence electrons. The summed E-state index contributed by atoms with van der Waals surface area (Å²) in [4.78, 5) is 13.4. The minimum Gasteiger partial charge on any atom is -0.465 e. The van der Waals surface area contributed by atoms with Crippen molar-refractivity contribution in [3.8, 4) is 0 Å². The normalized spacial score (nSPS) is 17.3. The van der Waals surface area contributed by atoms with E-state index in [1.165, 1.54) is 12.0 Å². The summed E-state index contributed by atoms with van der Waals surface area (Å²) in [6.45, 7) is 6.30. The van der Waals surface area contributed by atoms with Crippen LogP contribution in [0.3, 0.4) is 0 Å². The van der Waals surface area contributed by atoms with Crippen LogP contribution in [0.1, 0.15) is 48.0 Å². The van der Waals surface area contributed by atoms with Crippen molar-refractivity contribution in [3.63, 3.8) is 0 Å². The molecule has 0 bridgehead atoms. The summed E-state index contributed by atoms with van der Waals surface area (Å²) < 4.78 is 4.95. The Labute approximate surface area is 135 Å². The number of anilines is 1. The molecule has 0 saturated heterocycles. The molecule has 6 heteroatoms. The van der Waals surface area contributed by atoms with Crippen molar-refractivity contribution in [2.75, 3.05) is 12.4 Å². The lowest BCUT2D eigenvalue weighted by molar-refractivity contribution is 0.0601. The molecule has 2 N–H and O–H groups in total. The van der Waals surface area contributed by atoms with Crippen LogP contribution in [0.2, 0.25) is 0 Å². The number of nitrogens with one attached hydrogen (secondary N) is 2. The molecule has 1 aromatic rings. The third kappa shape index (κ3) is 3.74. The number of carbonyl (C=O) groups is 1. The Balaban J connectivity index is 2.31. The van der Waals surface area contributed by atoms with Crippen LogP contribution < -0.4 is 10.6 Å². The van der Waals surface area contributed by atoms with Crippen molar-refractivity contribution in [3.05, 3.63) is 16.0 Å². The molecule has 1 atom stereocenters. The van der Waals surface area contributed by atoms with Gasteiger partial charge in [-0.2, -0.15) is 0 Å². The van der Waals surface area contributed by atoms with E-state index in [0.717, 1.165) is 29.8 Å². The number of ether oxygens (including phenoxy) is 1. The molecule has 0 aliphatic heterocycles. The minimum atomic E-state index is -0.281. The van der Waals surface area contributed by atoms with E-state index in [1.807, 2.05) is 13.8 Å². The fourth-order valence-electron chi connectivity index (χ4n) is 2.56. The first kappa shape index (κ1) is 16.2. The van der Waals surface area contributed by atoms with Crippen molar-refractivity contribution >= 4 is 39.6 Å². The maximum atomic E-state index is 12.1. The second kappa shape index (κ2) is 6.75. The molecule has 1 aromatic heterocycles. The first-order valence-corrected chi connectivity index (χ1v) is 8.45. The van der Waals surface area contributed by atoms with Gasteiger partial charge in [0.05, 0.1) is 12.7 Å². The zero-order valence-corrected chi connectivity index (χ0v) is 14.5. The number of thiocarbonyl (C=S) groups is 1. The summed E-state index contributed by atoms with van der Waals surface area (Å²) in [5, 5.41) is 7.65. The molecule has 4 nitrogen and oxygen atoms in total. The van der Waals surface area contributed by atoms with E-state index in [2.05, 4.69) is 17.6 Å². The molecule has 1 aliphatic carbocycles. The van der Waals surface area contributed by atoms with Crippen molar-refractivity contribution in [1.29, 1.82) is 0 Å². The van der Waals surface area contributed by atoms with Crippen LogP contribution in [-0.4, -0.2) is 24.2 Å². The molecule has 0 amide bonds. The molecule has 0 saturated carbocycles. The molecule has 1 heterocycles. The first-order valence-electron chi connectivity index (χ1n) is 7.22. The number of fused-ring (bicyclic) bond motifs is 1. The van der Waals surface area contributed by atoms with E-state index in [9.17, 15) is 4.79 Å². The lowest BCUT2D eigenvalue weighted by Gasteiger charge is -2.18. The second-order valence-electron chi connectivity index (χ2n) is 5.80. The van der Waals surface area contributed by atoms with Crippen LogP contribution in [0.15, 0.2) is 0 Å². The van der Waals surface area contributed by atoms with Gasteiger partial charge in [-0.05, 0) is 56.8 Å². The van der Waals surface area contributed by atoms with Gasteiger partial charge in [0, 0.05) is 10.9 Å². The third-order valence-corrected chi connectivity index (χ3v) is 4.94. The number of hydrogen-bond donors (Lipinski definition) is 2. The van der Waals surface area contributed by atoms with Gasteiger partial charge in [-0.1, -0.05) is 6.92 Å². The average Bonchev–Trinajstić information content (AvgIpc) is 2.73. The van der Waals surface area contributed by atoms with Crippen molar-refractivity contribution < 1.29 is 9.53 Å². The molecule has 0 spiro atoms. The third-order valence-electron chi connectivity index (χ3n) is 3.55. The van der Waals surface area contributed by atoms with Gasteiger partial charge >= 0.3 is 5.97 Å². The topological polar surface area (TPSA) is 50.4 Å². The highest BCUT2D eigenvalue weighted by molar-refractivity contribution is 7.80. The Morgan fingerprint density at radius 1 is 1.48 bits per heavy atom. The Bertz CT molecular complexity index is 552. The summed E-state index contributed by atoms with van der Waals surface area (Å²) in [6.07, 6.45) is 3.07. The standard InChI is InChI=1S/C15H22N2O2S2/c1-8(2)16-15(20)17-13-12(14(18)19-4)10-6-5-9(3)7-11(10)21-13/h8-9H,5-7H2,1-4H3,(H2,16,17,20)/t9-/m1/s1. The van der Waals surface area contributed by atoms with Crippen molar-refractivity contribution in [1.82, 2.24) is 5.32 Å². The van der Waals surface area contributed by atoms with Gasteiger partial charge in [-0.25, -0.2) is 4.79 Å². The Kier molecular flexibility index (Phi) is 5.22. The van der Waals surface area contributed by atoms with E-state index in [1.54, 1.807) is 11.3 Å². The van der Waals surface area contributed by atoms with E-state index < -0.39 is 0 Å². The largest absolute Gasteiger partial charge is 0.465 e. The van der Waals surface area contributed by atoms with Crippen molar-refractivity contribution in [2.45, 2.75) is 46.1 Å². The number of rotatable bonds is 3. The van der Waals surface area contributed by atoms with Gasteiger partial charge in [0.1, 0.15) is 5.00 Å². The first-order chi connectivity index (χ1) is 9.92. The molecule has 0 radical (unpaired) electrons. The molecule has 0 fully saturated rings. The van der Waals surface area contributed by atoms with Crippen LogP contribution in [0, 0.1) is 5.92 Å². The molecular formula is C15H22N2O2S2. The minimum absolute atomic E-state index is 0.251. The Hall–Kier alpha value is -1.14. The highest BCUT2D eigenvalue weighted by Gasteiger charge is 2.28. The lowest BCUT2D eigenvalue weighted by atomic mass is 9.88. The number of esters is 1. The number of thiophene rings is 1.